The van der Waals surface area contributed by atoms with Gasteiger partial charge in [0.15, 0.2) is 17.5 Å². The van der Waals surface area contributed by atoms with E-state index in [4.69, 9.17) is 14.2 Å². The number of nitrogens with one attached hydrogen (secondary N) is 2. The van der Waals surface area contributed by atoms with E-state index in [0.29, 0.717) is 19.7 Å². The molecule has 25 heavy (non-hydrogen) atoms. The second-order valence-electron chi connectivity index (χ2n) is 5.47. The van der Waals surface area contributed by atoms with Crippen LogP contribution in [-0.2, 0) is 6.54 Å². The average Bonchev–Trinajstić information content (AvgIpc) is 3.29. The quantitative estimate of drug-likeness (QED) is 0.435. The van der Waals surface area contributed by atoms with E-state index < -0.39 is 0 Å². The first-order valence-corrected chi connectivity index (χ1v) is 8.50. The maximum atomic E-state index is 5.74. The molecule has 1 aromatic carbocycles. The molecule has 0 saturated carbocycles. The smallest absolute Gasteiger partial charge is 0.231 e. The lowest BCUT2D eigenvalue weighted by Crippen LogP contribution is -2.39. The standard InChI is InChI=1S/C18H24N4O3/c1-2-19-18(20-7-11-22-9-3-4-10-22)21-8-12-23-15-5-6-16-17(13-15)25-14-24-16/h3-6,9-10,13H,2,7-8,11-12,14H2,1H3,(H2,19,20,21). The number of hydrogen-bond acceptors (Lipinski definition) is 4. The molecule has 1 aromatic heterocycles. The van der Waals surface area contributed by atoms with E-state index >= 15 is 0 Å². The minimum Gasteiger partial charge on any atom is -0.492 e. The van der Waals surface area contributed by atoms with E-state index in [1.54, 1.807) is 0 Å². The van der Waals surface area contributed by atoms with Crippen LogP contribution in [0.3, 0.4) is 0 Å². The molecule has 1 aliphatic rings. The first-order valence-electron chi connectivity index (χ1n) is 8.50. The van der Waals surface area contributed by atoms with Crippen molar-refractivity contribution in [2.75, 3.05) is 33.0 Å². The summed E-state index contributed by atoms with van der Waals surface area (Å²) in [5, 5.41) is 6.50. The van der Waals surface area contributed by atoms with Crippen molar-refractivity contribution in [2.45, 2.75) is 13.5 Å². The Morgan fingerprint density at radius 2 is 2.04 bits per heavy atom. The molecule has 2 aromatic rings. The lowest BCUT2D eigenvalue weighted by atomic mass is 10.3. The Morgan fingerprint density at radius 3 is 2.88 bits per heavy atom. The summed E-state index contributed by atoms with van der Waals surface area (Å²) in [6.07, 6.45) is 4.07. The minimum absolute atomic E-state index is 0.270. The van der Waals surface area contributed by atoms with Crippen LogP contribution < -0.4 is 24.8 Å². The van der Waals surface area contributed by atoms with E-state index in [1.807, 2.05) is 49.6 Å². The van der Waals surface area contributed by atoms with Gasteiger partial charge in [-0.05, 0) is 31.2 Å². The maximum Gasteiger partial charge on any atom is 0.231 e. The summed E-state index contributed by atoms with van der Waals surface area (Å²) in [6.45, 7) is 5.90. The Bertz CT molecular complexity index is 686. The predicted octanol–water partition coefficient (Wildman–Crippen LogP) is 1.85. The number of nitrogens with zero attached hydrogens (tertiary/aromatic N) is 2. The summed E-state index contributed by atoms with van der Waals surface area (Å²) in [4.78, 5) is 4.56. The van der Waals surface area contributed by atoms with E-state index in [0.717, 1.165) is 36.3 Å². The van der Waals surface area contributed by atoms with Gasteiger partial charge in [0.05, 0.1) is 13.1 Å². The summed E-state index contributed by atoms with van der Waals surface area (Å²) < 4.78 is 18.5. The van der Waals surface area contributed by atoms with Gasteiger partial charge in [0.2, 0.25) is 6.79 Å². The van der Waals surface area contributed by atoms with Crippen molar-refractivity contribution >= 4 is 5.96 Å². The second-order valence-corrected chi connectivity index (χ2v) is 5.47. The minimum atomic E-state index is 0.270. The SMILES string of the molecule is CCNC(=NCCn1cccc1)NCCOc1ccc2c(c1)OCO2. The lowest BCUT2D eigenvalue weighted by molar-refractivity contribution is 0.173. The summed E-state index contributed by atoms with van der Waals surface area (Å²) in [5.41, 5.74) is 0. The molecule has 134 valence electrons. The molecule has 2 N–H and O–H groups in total. The van der Waals surface area contributed by atoms with Gasteiger partial charge in [0.25, 0.3) is 0 Å². The summed E-state index contributed by atoms with van der Waals surface area (Å²) in [7, 11) is 0. The van der Waals surface area contributed by atoms with Gasteiger partial charge in [-0.25, -0.2) is 0 Å². The number of benzene rings is 1. The Hall–Kier alpha value is -2.83. The third-order valence-corrected chi connectivity index (χ3v) is 3.65. The van der Waals surface area contributed by atoms with Gasteiger partial charge in [-0.15, -0.1) is 0 Å². The number of ether oxygens (including phenoxy) is 3. The number of aromatic nitrogens is 1. The molecule has 1 aliphatic heterocycles. The molecule has 0 bridgehead atoms. The van der Waals surface area contributed by atoms with Crippen LogP contribution in [0.1, 0.15) is 6.92 Å². The molecule has 3 rings (SSSR count). The second kappa shape index (κ2) is 8.86. The molecule has 0 fully saturated rings. The van der Waals surface area contributed by atoms with E-state index in [9.17, 15) is 0 Å². The molecule has 0 aliphatic carbocycles. The fourth-order valence-electron chi connectivity index (χ4n) is 2.44. The topological polar surface area (TPSA) is 69.0 Å². The van der Waals surface area contributed by atoms with E-state index in [2.05, 4.69) is 20.2 Å². The van der Waals surface area contributed by atoms with Crippen molar-refractivity contribution in [1.29, 1.82) is 0 Å². The predicted molar refractivity (Wildman–Crippen MR) is 96.5 cm³/mol. The van der Waals surface area contributed by atoms with Crippen LogP contribution >= 0.6 is 0 Å². The molecule has 0 atom stereocenters. The highest BCUT2D eigenvalue weighted by atomic mass is 16.7. The molecule has 0 unspecified atom stereocenters. The van der Waals surface area contributed by atoms with Crippen molar-refractivity contribution in [3.05, 3.63) is 42.7 Å². The van der Waals surface area contributed by atoms with Gasteiger partial charge < -0.3 is 29.4 Å². The summed E-state index contributed by atoms with van der Waals surface area (Å²) in [5.74, 6) is 3.05. The van der Waals surface area contributed by atoms with Gasteiger partial charge in [-0.3, -0.25) is 4.99 Å². The Kier molecular flexibility index (Phi) is 6.03. The van der Waals surface area contributed by atoms with Gasteiger partial charge >= 0.3 is 0 Å². The first-order chi connectivity index (χ1) is 12.3. The normalized spacial score (nSPS) is 12.9. The Morgan fingerprint density at radius 1 is 1.20 bits per heavy atom. The van der Waals surface area contributed by atoms with Crippen molar-refractivity contribution in [3.63, 3.8) is 0 Å². The average molecular weight is 344 g/mol. The van der Waals surface area contributed by atoms with Gasteiger partial charge in [0.1, 0.15) is 12.4 Å². The van der Waals surface area contributed by atoms with Crippen molar-refractivity contribution < 1.29 is 14.2 Å². The molecule has 2 heterocycles. The van der Waals surface area contributed by atoms with Crippen LogP contribution in [0.25, 0.3) is 0 Å². The zero-order valence-electron chi connectivity index (χ0n) is 14.4. The zero-order chi connectivity index (χ0) is 17.3. The monoisotopic (exact) mass is 344 g/mol. The van der Waals surface area contributed by atoms with E-state index in [-0.39, 0.29) is 6.79 Å². The molecular weight excluding hydrogens is 320 g/mol. The molecule has 0 amide bonds. The van der Waals surface area contributed by atoms with Crippen LogP contribution in [0.4, 0.5) is 0 Å². The number of fused-ring (bicyclic) bond motifs is 1. The van der Waals surface area contributed by atoms with Crippen LogP contribution in [0.5, 0.6) is 17.2 Å². The van der Waals surface area contributed by atoms with Crippen LogP contribution in [-0.4, -0.2) is 43.6 Å². The number of hydrogen-bond donors (Lipinski definition) is 2. The number of aliphatic imine (C=N–C) groups is 1. The summed E-state index contributed by atoms with van der Waals surface area (Å²) in [6, 6.07) is 9.61. The third-order valence-electron chi connectivity index (χ3n) is 3.65. The molecule has 7 heteroatoms. The van der Waals surface area contributed by atoms with Crippen LogP contribution in [0, 0.1) is 0 Å². The van der Waals surface area contributed by atoms with Gasteiger partial charge in [0, 0.05) is 31.5 Å². The largest absolute Gasteiger partial charge is 0.492 e. The number of guanidine groups is 1. The Labute approximate surface area is 147 Å². The fourth-order valence-corrected chi connectivity index (χ4v) is 2.44. The van der Waals surface area contributed by atoms with Crippen LogP contribution in [0.2, 0.25) is 0 Å². The lowest BCUT2D eigenvalue weighted by Gasteiger charge is -2.12. The van der Waals surface area contributed by atoms with Crippen LogP contribution in [0.15, 0.2) is 47.7 Å². The molecule has 7 nitrogen and oxygen atoms in total. The fraction of sp³-hybridized carbons (Fsp3) is 0.389. The molecule has 0 saturated heterocycles. The first kappa shape index (κ1) is 17.0. The van der Waals surface area contributed by atoms with E-state index in [1.165, 1.54) is 0 Å². The molecule has 0 radical (unpaired) electrons. The summed E-state index contributed by atoms with van der Waals surface area (Å²) >= 11 is 0. The van der Waals surface area contributed by atoms with Gasteiger partial charge in [-0.1, -0.05) is 0 Å². The zero-order valence-corrected chi connectivity index (χ0v) is 14.4. The Balaban J connectivity index is 1.40. The maximum absolute atomic E-state index is 5.74. The molecule has 0 spiro atoms. The third kappa shape index (κ3) is 5.07. The van der Waals surface area contributed by atoms with Crippen molar-refractivity contribution in [2.24, 2.45) is 4.99 Å². The highest BCUT2D eigenvalue weighted by Crippen LogP contribution is 2.34. The number of rotatable bonds is 8. The highest BCUT2D eigenvalue weighted by Gasteiger charge is 2.13. The van der Waals surface area contributed by atoms with Crippen molar-refractivity contribution in [1.82, 2.24) is 15.2 Å². The van der Waals surface area contributed by atoms with Gasteiger partial charge in [-0.2, -0.15) is 0 Å². The van der Waals surface area contributed by atoms with Crippen molar-refractivity contribution in [3.8, 4) is 17.2 Å². The molecular formula is C18H24N4O3. The highest BCUT2D eigenvalue weighted by molar-refractivity contribution is 5.79.